The fourth-order valence-electron chi connectivity index (χ4n) is 3.04. The smallest absolute Gasteiger partial charge is 0.250 e. The molecule has 0 unspecified atom stereocenters. The van der Waals surface area contributed by atoms with Crippen LogP contribution in [0.3, 0.4) is 0 Å². The first-order valence-corrected chi connectivity index (χ1v) is 8.08. The molecule has 0 aliphatic rings. The van der Waals surface area contributed by atoms with E-state index in [1.165, 1.54) is 5.56 Å². The molecule has 0 spiro atoms. The van der Waals surface area contributed by atoms with Crippen LogP contribution in [0.15, 0.2) is 21.7 Å². The average Bonchev–Trinajstić information content (AvgIpc) is 2.48. The lowest BCUT2D eigenvalue weighted by Crippen LogP contribution is -2.42. The summed E-state index contributed by atoms with van der Waals surface area (Å²) in [7, 11) is 0. The highest BCUT2D eigenvalue weighted by atomic mass is 16.2. The Morgan fingerprint density at radius 3 is 1.91 bits per heavy atom. The summed E-state index contributed by atoms with van der Waals surface area (Å²) in [5.41, 5.74) is 4.92. The molecule has 0 heterocycles. The van der Waals surface area contributed by atoms with E-state index in [2.05, 4.69) is 31.7 Å². The van der Waals surface area contributed by atoms with Crippen LogP contribution in [0.25, 0.3) is 11.1 Å². The number of aryl methyl sites for hydroxylation is 3. The second kappa shape index (κ2) is 6.47. The third-order valence-corrected chi connectivity index (χ3v) is 4.30. The Morgan fingerprint density at radius 1 is 0.818 bits per heavy atom. The zero-order valence-electron chi connectivity index (χ0n) is 14.2. The summed E-state index contributed by atoms with van der Waals surface area (Å²) in [5, 5.41) is 0. The van der Waals surface area contributed by atoms with Gasteiger partial charge in [0.25, 0.3) is 0 Å². The van der Waals surface area contributed by atoms with Gasteiger partial charge in [-0.2, -0.15) is 0 Å². The minimum Gasteiger partial charge on any atom is -0.368 e. The second-order valence-electron chi connectivity index (χ2n) is 6.12. The van der Waals surface area contributed by atoms with Crippen LogP contribution in [0.4, 0.5) is 5.69 Å². The maximum absolute atomic E-state index is 12.2. The Hall–Kier alpha value is -1.90. The number of anilines is 1. The van der Waals surface area contributed by atoms with Crippen LogP contribution in [0.1, 0.15) is 43.4 Å². The fraction of sp³-hybridized carbons (Fsp3) is 0.474. The van der Waals surface area contributed by atoms with Crippen molar-refractivity contribution in [1.29, 1.82) is 0 Å². The molecule has 0 aliphatic carbocycles. The molecular formula is C19H25NO2. The van der Waals surface area contributed by atoms with Gasteiger partial charge in [-0.25, -0.2) is 0 Å². The van der Waals surface area contributed by atoms with Gasteiger partial charge in [-0.3, -0.25) is 9.59 Å². The number of rotatable bonds is 6. The monoisotopic (exact) mass is 299 g/mol. The number of nitrogens with zero attached hydrogens (tertiary/aromatic N) is 1. The van der Waals surface area contributed by atoms with Gasteiger partial charge < -0.3 is 4.90 Å². The standard InChI is InChI=1S/C19H25NO2/c1-6-8-20(9-7-2)17-16(18(21)19(17)22)15-11-13(4)12(3)10-14(15)5/h10-11H,6-9H2,1-5H3. The van der Waals surface area contributed by atoms with Gasteiger partial charge >= 0.3 is 0 Å². The molecule has 0 amide bonds. The van der Waals surface area contributed by atoms with Crippen molar-refractivity contribution in [2.75, 3.05) is 18.0 Å². The highest BCUT2D eigenvalue weighted by molar-refractivity contribution is 5.84. The van der Waals surface area contributed by atoms with Gasteiger partial charge in [-0.1, -0.05) is 26.0 Å². The van der Waals surface area contributed by atoms with E-state index in [1.54, 1.807) is 0 Å². The van der Waals surface area contributed by atoms with Crippen molar-refractivity contribution in [2.45, 2.75) is 47.5 Å². The predicted molar refractivity (Wildman–Crippen MR) is 93.8 cm³/mol. The lowest BCUT2D eigenvalue weighted by atomic mass is 9.91. The lowest BCUT2D eigenvalue weighted by molar-refractivity contribution is 0.740. The zero-order chi connectivity index (χ0) is 16.4. The van der Waals surface area contributed by atoms with Gasteiger partial charge in [0, 0.05) is 13.1 Å². The van der Waals surface area contributed by atoms with Gasteiger partial charge in [0.05, 0.1) is 5.56 Å². The summed E-state index contributed by atoms with van der Waals surface area (Å²) in [6, 6.07) is 4.13. The second-order valence-corrected chi connectivity index (χ2v) is 6.12. The molecule has 2 aromatic carbocycles. The minimum absolute atomic E-state index is 0.325. The number of hydrogen-bond acceptors (Lipinski definition) is 3. The number of hydrogen-bond donors (Lipinski definition) is 0. The largest absolute Gasteiger partial charge is 0.368 e. The van der Waals surface area contributed by atoms with E-state index >= 15 is 0 Å². The van der Waals surface area contributed by atoms with Crippen LogP contribution in [-0.2, 0) is 0 Å². The SMILES string of the molecule is CCCN(CCC)c1c(-c2cc(C)c(C)cc2C)c(=O)c1=O. The summed E-state index contributed by atoms with van der Waals surface area (Å²) in [4.78, 5) is 26.4. The van der Waals surface area contributed by atoms with Crippen LogP contribution in [-0.4, -0.2) is 13.1 Å². The first-order chi connectivity index (χ1) is 10.4. The molecule has 0 saturated heterocycles. The minimum atomic E-state index is -0.335. The maximum atomic E-state index is 12.2. The van der Waals surface area contributed by atoms with E-state index in [0.29, 0.717) is 11.3 Å². The van der Waals surface area contributed by atoms with Gasteiger partial charge in [0.2, 0.25) is 10.9 Å². The van der Waals surface area contributed by atoms with Crippen molar-refractivity contribution < 1.29 is 0 Å². The van der Waals surface area contributed by atoms with E-state index in [-0.39, 0.29) is 10.9 Å². The van der Waals surface area contributed by atoms with Crippen LogP contribution in [0.5, 0.6) is 0 Å². The molecule has 0 atom stereocenters. The highest BCUT2D eigenvalue weighted by Crippen LogP contribution is 2.31. The summed E-state index contributed by atoms with van der Waals surface area (Å²) in [5.74, 6) is 0. The van der Waals surface area contributed by atoms with Crippen LogP contribution >= 0.6 is 0 Å². The van der Waals surface area contributed by atoms with Crippen molar-refractivity contribution in [3.8, 4) is 11.1 Å². The average molecular weight is 299 g/mol. The van der Waals surface area contributed by atoms with Crippen molar-refractivity contribution in [3.05, 3.63) is 49.3 Å². The molecule has 0 aliphatic heterocycles. The third-order valence-electron chi connectivity index (χ3n) is 4.30. The third kappa shape index (κ3) is 2.72. The van der Waals surface area contributed by atoms with E-state index in [0.717, 1.165) is 42.6 Å². The van der Waals surface area contributed by atoms with Crippen molar-refractivity contribution in [1.82, 2.24) is 0 Å². The molecule has 2 rings (SSSR count). The van der Waals surface area contributed by atoms with E-state index in [9.17, 15) is 9.59 Å². The Bertz CT molecular complexity index is 745. The molecule has 3 nitrogen and oxygen atoms in total. The molecule has 2 aromatic rings. The number of benzene rings is 1. The summed E-state index contributed by atoms with van der Waals surface area (Å²) >= 11 is 0. The molecule has 22 heavy (non-hydrogen) atoms. The molecule has 0 aromatic heterocycles. The highest BCUT2D eigenvalue weighted by Gasteiger charge is 2.27. The topological polar surface area (TPSA) is 37.4 Å². The molecule has 0 N–H and O–H groups in total. The van der Waals surface area contributed by atoms with Gasteiger partial charge in [-0.15, -0.1) is 0 Å². The summed E-state index contributed by atoms with van der Waals surface area (Å²) in [6.07, 6.45) is 1.92. The van der Waals surface area contributed by atoms with Crippen LogP contribution in [0.2, 0.25) is 0 Å². The van der Waals surface area contributed by atoms with Crippen LogP contribution in [0, 0.1) is 20.8 Å². The molecule has 0 fully saturated rings. The van der Waals surface area contributed by atoms with E-state index in [1.807, 2.05) is 19.9 Å². The molecular weight excluding hydrogens is 274 g/mol. The fourth-order valence-corrected chi connectivity index (χ4v) is 3.04. The van der Waals surface area contributed by atoms with E-state index in [4.69, 9.17) is 0 Å². The Morgan fingerprint density at radius 2 is 1.36 bits per heavy atom. The zero-order valence-corrected chi connectivity index (χ0v) is 14.2. The van der Waals surface area contributed by atoms with Crippen molar-refractivity contribution >= 4 is 5.69 Å². The normalized spacial score (nSPS) is 11.1. The first kappa shape index (κ1) is 16.5. The molecule has 0 bridgehead atoms. The first-order valence-electron chi connectivity index (χ1n) is 8.08. The van der Waals surface area contributed by atoms with Gasteiger partial charge in [0.1, 0.15) is 5.69 Å². The van der Waals surface area contributed by atoms with Gasteiger partial charge in [-0.05, 0) is 55.9 Å². The predicted octanol–water partition coefficient (Wildman–Crippen LogP) is 3.50. The maximum Gasteiger partial charge on any atom is 0.250 e. The molecule has 0 radical (unpaired) electrons. The summed E-state index contributed by atoms with van der Waals surface area (Å²) in [6.45, 7) is 11.9. The van der Waals surface area contributed by atoms with Gasteiger partial charge in [0.15, 0.2) is 0 Å². The van der Waals surface area contributed by atoms with Crippen LogP contribution < -0.4 is 15.8 Å². The lowest BCUT2D eigenvalue weighted by Gasteiger charge is -2.27. The van der Waals surface area contributed by atoms with Crippen molar-refractivity contribution in [2.24, 2.45) is 0 Å². The van der Waals surface area contributed by atoms with Crippen molar-refractivity contribution in [3.63, 3.8) is 0 Å². The summed E-state index contributed by atoms with van der Waals surface area (Å²) < 4.78 is 0. The molecule has 0 saturated carbocycles. The Kier molecular flexibility index (Phi) is 4.84. The molecule has 118 valence electrons. The Labute approximate surface area is 132 Å². The quantitative estimate of drug-likeness (QED) is 0.766. The molecule has 3 heteroatoms. The Balaban J connectivity index is 2.59. The van der Waals surface area contributed by atoms with E-state index < -0.39 is 0 Å².